The molecule has 0 saturated carbocycles. The molecule has 0 radical (unpaired) electrons. The number of primary amides is 1. The monoisotopic (exact) mass is 267 g/mol. The van der Waals surface area contributed by atoms with Gasteiger partial charge in [0.15, 0.2) is 0 Å². The van der Waals surface area contributed by atoms with Gasteiger partial charge in [0.05, 0.1) is 5.92 Å². The average molecular weight is 267 g/mol. The van der Waals surface area contributed by atoms with Crippen molar-refractivity contribution in [1.29, 1.82) is 0 Å². The van der Waals surface area contributed by atoms with Crippen LogP contribution >= 0.6 is 0 Å². The van der Waals surface area contributed by atoms with E-state index in [2.05, 4.69) is 47.4 Å². The van der Waals surface area contributed by atoms with Crippen molar-refractivity contribution >= 4 is 22.4 Å². The van der Waals surface area contributed by atoms with Crippen molar-refractivity contribution in [3.63, 3.8) is 0 Å². The van der Waals surface area contributed by atoms with Gasteiger partial charge in [0.2, 0.25) is 5.91 Å². The van der Waals surface area contributed by atoms with Crippen LogP contribution in [-0.2, 0) is 11.2 Å². The van der Waals surface area contributed by atoms with Gasteiger partial charge in [-0.05, 0) is 36.2 Å². The largest absolute Gasteiger partial charge is 0.369 e. The van der Waals surface area contributed by atoms with Crippen LogP contribution in [0.1, 0.15) is 11.1 Å². The highest BCUT2D eigenvalue weighted by atomic mass is 16.1. The second-order valence-corrected chi connectivity index (χ2v) is 5.83. The van der Waals surface area contributed by atoms with E-state index >= 15 is 0 Å². The second kappa shape index (κ2) is 3.96. The molecule has 4 nitrogen and oxygen atoms in total. The number of rotatable bonds is 1. The number of hydrogen-bond acceptors (Lipinski definition) is 2. The number of nitrogens with one attached hydrogen (secondary N) is 1. The van der Waals surface area contributed by atoms with Gasteiger partial charge in [-0.25, -0.2) is 0 Å². The maximum Gasteiger partial charge on any atom is 0.225 e. The Hall–Kier alpha value is -2.07. The van der Waals surface area contributed by atoms with Gasteiger partial charge in [-0.1, -0.05) is 18.2 Å². The summed E-state index contributed by atoms with van der Waals surface area (Å²) < 4.78 is 0. The minimum absolute atomic E-state index is 0.193. The fourth-order valence-corrected chi connectivity index (χ4v) is 3.63. The Morgan fingerprint density at radius 2 is 2.30 bits per heavy atom. The van der Waals surface area contributed by atoms with E-state index in [0.717, 1.165) is 6.42 Å². The van der Waals surface area contributed by atoms with E-state index < -0.39 is 0 Å². The number of carbonyl (C=O) groups is 1. The average Bonchev–Trinajstić information content (AvgIpc) is 2.84. The zero-order valence-electron chi connectivity index (χ0n) is 11.4. The van der Waals surface area contributed by atoms with Gasteiger partial charge >= 0.3 is 0 Å². The van der Waals surface area contributed by atoms with Crippen molar-refractivity contribution in [1.82, 2.24) is 9.88 Å². The number of carbonyl (C=O) groups excluding carboxylic acids is 1. The number of amides is 1. The molecule has 20 heavy (non-hydrogen) atoms. The van der Waals surface area contributed by atoms with E-state index in [1.807, 2.05) is 0 Å². The molecule has 1 aliphatic carbocycles. The van der Waals surface area contributed by atoms with Crippen LogP contribution in [-0.4, -0.2) is 35.4 Å². The molecule has 0 unspecified atom stereocenters. The summed E-state index contributed by atoms with van der Waals surface area (Å²) in [6, 6.07) is 6.66. The van der Waals surface area contributed by atoms with E-state index in [4.69, 9.17) is 5.73 Å². The van der Waals surface area contributed by atoms with Crippen molar-refractivity contribution in [3.8, 4) is 0 Å². The van der Waals surface area contributed by atoms with Gasteiger partial charge in [0, 0.05) is 29.7 Å². The molecular weight excluding hydrogens is 250 g/mol. The molecule has 2 aromatic rings. The number of hydrogen-bond donors (Lipinski definition) is 2. The van der Waals surface area contributed by atoms with Crippen LogP contribution in [0.4, 0.5) is 0 Å². The van der Waals surface area contributed by atoms with Crippen LogP contribution in [0.15, 0.2) is 30.5 Å². The van der Waals surface area contributed by atoms with Crippen LogP contribution in [0.25, 0.3) is 16.5 Å². The van der Waals surface area contributed by atoms with Crippen molar-refractivity contribution in [2.45, 2.75) is 12.5 Å². The predicted octanol–water partition coefficient (Wildman–Crippen LogP) is 1.52. The molecule has 2 heterocycles. The summed E-state index contributed by atoms with van der Waals surface area (Å²) in [5.74, 6) is -0.433. The summed E-state index contributed by atoms with van der Waals surface area (Å²) in [4.78, 5) is 17.1. The lowest BCUT2D eigenvalue weighted by atomic mass is 9.80. The summed E-state index contributed by atoms with van der Waals surface area (Å²) in [6.45, 7) is 0.708. The normalized spacial score (nSPS) is 25.4. The van der Waals surface area contributed by atoms with Crippen LogP contribution in [0.5, 0.6) is 0 Å². The minimum atomic E-state index is -0.241. The van der Waals surface area contributed by atoms with E-state index in [-0.39, 0.29) is 11.8 Å². The van der Waals surface area contributed by atoms with Gasteiger partial charge in [-0.15, -0.1) is 0 Å². The summed E-state index contributed by atoms with van der Waals surface area (Å²) in [6.07, 6.45) is 5.18. The van der Waals surface area contributed by atoms with Crippen LogP contribution in [0.2, 0.25) is 0 Å². The molecule has 0 spiro atoms. The summed E-state index contributed by atoms with van der Waals surface area (Å²) in [5.41, 5.74) is 10.5. The Morgan fingerprint density at radius 1 is 1.45 bits per heavy atom. The number of aromatic amines is 1. The number of fused-ring (bicyclic) bond motifs is 2. The second-order valence-electron chi connectivity index (χ2n) is 5.83. The maximum atomic E-state index is 11.6. The SMILES string of the molecule is CN1C[C@@H](C(N)=O)C=C2c3cccc4[nH]cc(c34)C[C@H]21. The summed E-state index contributed by atoms with van der Waals surface area (Å²) in [5, 5.41) is 1.30. The zero-order valence-corrected chi connectivity index (χ0v) is 11.4. The molecule has 1 aromatic carbocycles. The first-order chi connectivity index (χ1) is 9.65. The number of nitrogens with zero attached hydrogens (tertiary/aromatic N) is 1. The molecule has 102 valence electrons. The zero-order chi connectivity index (χ0) is 13.9. The summed E-state index contributed by atoms with van der Waals surface area (Å²) in [7, 11) is 2.07. The number of aromatic nitrogens is 1. The molecule has 2 aliphatic rings. The highest BCUT2D eigenvalue weighted by Gasteiger charge is 2.34. The van der Waals surface area contributed by atoms with Crippen LogP contribution in [0.3, 0.4) is 0 Å². The molecule has 1 aliphatic heterocycles. The van der Waals surface area contributed by atoms with Crippen molar-refractivity contribution in [2.75, 3.05) is 13.6 Å². The molecule has 4 rings (SSSR count). The lowest BCUT2D eigenvalue weighted by Crippen LogP contribution is -2.45. The van der Waals surface area contributed by atoms with Gasteiger partial charge in [-0.3, -0.25) is 9.69 Å². The highest BCUT2D eigenvalue weighted by Crippen LogP contribution is 2.40. The van der Waals surface area contributed by atoms with Gasteiger partial charge < -0.3 is 10.7 Å². The van der Waals surface area contributed by atoms with Crippen molar-refractivity contribution < 1.29 is 4.79 Å². The fraction of sp³-hybridized carbons (Fsp3) is 0.312. The number of H-pyrrole nitrogens is 1. The molecule has 3 N–H and O–H groups in total. The molecule has 0 saturated heterocycles. The molecule has 0 fully saturated rings. The first-order valence-electron chi connectivity index (χ1n) is 6.96. The standard InChI is InChI=1S/C16H17N3O/c1-19-8-10(16(17)20)5-12-11-3-2-4-13-15(11)9(7-18-13)6-14(12)19/h2-5,7,10,14,18H,6,8H2,1H3,(H2,17,20)/t10-,14+/m0/s1. The lowest BCUT2D eigenvalue weighted by molar-refractivity contribution is -0.121. The van der Waals surface area contributed by atoms with Gasteiger partial charge in [-0.2, -0.15) is 0 Å². The molecule has 4 heteroatoms. The van der Waals surface area contributed by atoms with Gasteiger partial charge in [0.25, 0.3) is 0 Å². The molecule has 0 bridgehead atoms. The quantitative estimate of drug-likeness (QED) is 0.823. The molecule has 1 amide bonds. The third-order valence-corrected chi connectivity index (χ3v) is 4.63. The molecule has 2 atom stereocenters. The highest BCUT2D eigenvalue weighted by molar-refractivity contribution is 5.99. The van der Waals surface area contributed by atoms with Crippen LogP contribution in [0, 0.1) is 5.92 Å². The van der Waals surface area contributed by atoms with E-state index in [1.165, 1.54) is 27.6 Å². The Balaban J connectivity index is 1.96. The Bertz CT molecular complexity index is 743. The van der Waals surface area contributed by atoms with Crippen molar-refractivity contribution in [3.05, 3.63) is 41.6 Å². The number of likely N-dealkylation sites (N-methyl/N-ethyl adjacent to an activating group) is 1. The molecule has 1 aromatic heterocycles. The first kappa shape index (κ1) is 11.7. The topological polar surface area (TPSA) is 62.1 Å². The molecular formula is C16H17N3O. The van der Waals surface area contributed by atoms with Crippen LogP contribution < -0.4 is 5.73 Å². The van der Waals surface area contributed by atoms with E-state index in [0.29, 0.717) is 12.6 Å². The third-order valence-electron chi connectivity index (χ3n) is 4.63. The first-order valence-corrected chi connectivity index (χ1v) is 6.96. The smallest absolute Gasteiger partial charge is 0.225 e. The number of nitrogens with two attached hydrogens (primary N) is 1. The summed E-state index contributed by atoms with van der Waals surface area (Å²) >= 11 is 0. The van der Waals surface area contributed by atoms with E-state index in [9.17, 15) is 4.79 Å². The Morgan fingerprint density at radius 3 is 3.10 bits per heavy atom. The van der Waals surface area contributed by atoms with Crippen molar-refractivity contribution in [2.24, 2.45) is 11.7 Å². The Kier molecular flexibility index (Phi) is 2.32. The maximum absolute atomic E-state index is 11.6. The lowest BCUT2D eigenvalue weighted by Gasteiger charge is -2.39. The minimum Gasteiger partial charge on any atom is -0.369 e. The Labute approximate surface area is 117 Å². The number of benzene rings is 1. The third kappa shape index (κ3) is 1.48. The predicted molar refractivity (Wildman–Crippen MR) is 79.1 cm³/mol. The van der Waals surface area contributed by atoms with Gasteiger partial charge in [0.1, 0.15) is 0 Å². The fourth-order valence-electron chi connectivity index (χ4n) is 3.63. The van der Waals surface area contributed by atoms with E-state index in [1.54, 1.807) is 0 Å².